The highest BCUT2D eigenvalue weighted by molar-refractivity contribution is 5.83. The summed E-state index contributed by atoms with van der Waals surface area (Å²) in [5, 5.41) is 3.56. The summed E-state index contributed by atoms with van der Waals surface area (Å²) in [6, 6.07) is 19.7. The van der Waals surface area contributed by atoms with Gasteiger partial charge in [-0.15, -0.1) is 0 Å². The van der Waals surface area contributed by atoms with Crippen molar-refractivity contribution in [2.75, 3.05) is 36.4 Å². The number of nitrogens with zero attached hydrogens (tertiary/aromatic N) is 6. The SMILES string of the molecule is CC(C)N1CCN(c2ccc(Nc3ccc(-c4ccc5nccnc5c4)n4ccnc34)cc2)CC1. The first kappa shape index (κ1) is 21.6. The number of imidazole rings is 1. The molecule has 0 unspecified atom stereocenters. The molecule has 1 N–H and O–H groups in total. The Bertz CT molecular complexity index is 1460. The zero-order chi connectivity index (χ0) is 23.8. The Balaban J connectivity index is 1.23. The Morgan fingerprint density at radius 1 is 0.771 bits per heavy atom. The number of pyridine rings is 1. The summed E-state index contributed by atoms with van der Waals surface area (Å²) < 4.78 is 2.11. The van der Waals surface area contributed by atoms with Gasteiger partial charge in [0.05, 0.1) is 22.4 Å². The van der Waals surface area contributed by atoms with Crippen LogP contribution in [0.3, 0.4) is 0 Å². The van der Waals surface area contributed by atoms with E-state index in [0.717, 1.165) is 65.5 Å². The van der Waals surface area contributed by atoms with Gasteiger partial charge in [0.2, 0.25) is 0 Å². The average molecular weight is 464 g/mol. The van der Waals surface area contributed by atoms with Crippen molar-refractivity contribution in [1.82, 2.24) is 24.3 Å². The minimum atomic E-state index is 0.615. The van der Waals surface area contributed by atoms with Gasteiger partial charge >= 0.3 is 0 Å². The predicted octanol–water partition coefficient (Wildman–Crippen LogP) is 5.22. The fourth-order valence-electron chi connectivity index (χ4n) is 4.88. The summed E-state index contributed by atoms with van der Waals surface area (Å²) in [6.45, 7) is 8.92. The van der Waals surface area contributed by atoms with E-state index >= 15 is 0 Å². The Hall–Kier alpha value is -3.97. The molecule has 0 spiro atoms. The minimum absolute atomic E-state index is 0.615. The van der Waals surface area contributed by atoms with Gasteiger partial charge in [0, 0.05) is 73.9 Å². The van der Waals surface area contributed by atoms with E-state index in [4.69, 9.17) is 0 Å². The van der Waals surface area contributed by atoms with Crippen molar-refractivity contribution in [3.8, 4) is 11.3 Å². The lowest BCUT2D eigenvalue weighted by molar-refractivity contribution is 0.209. The molecule has 0 atom stereocenters. The van der Waals surface area contributed by atoms with E-state index in [-0.39, 0.29) is 0 Å². The standard InChI is InChI=1S/C28H29N7/c1-20(2)33-15-17-34(18-16-33)23-6-4-22(5-7-23)32-25-9-10-27(35-14-13-31-28(25)35)21-3-8-24-26(19-21)30-12-11-29-24/h3-14,19-20,32H,15-18H2,1-2H3. The van der Waals surface area contributed by atoms with Gasteiger partial charge in [-0.3, -0.25) is 19.3 Å². The predicted molar refractivity (Wildman–Crippen MR) is 142 cm³/mol. The number of benzene rings is 2. The van der Waals surface area contributed by atoms with Crippen molar-refractivity contribution in [3.05, 3.63) is 79.4 Å². The van der Waals surface area contributed by atoms with E-state index in [1.54, 1.807) is 12.4 Å². The van der Waals surface area contributed by atoms with Gasteiger partial charge in [-0.05, 0) is 62.4 Å². The maximum absolute atomic E-state index is 4.64. The Labute approximate surface area is 205 Å². The molecule has 0 saturated carbocycles. The van der Waals surface area contributed by atoms with E-state index in [9.17, 15) is 0 Å². The third-order valence-corrected chi connectivity index (χ3v) is 6.87. The van der Waals surface area contributed by atoms with Crippen LogP contribution in [0.5, 0.6) is 0 Å². The molecule has 4 heterocycles. The summed E-state index contributed by atoms with van der Waals surface area (Å²) in [5.74, 6) is 0. The summed E-state index contributed by atoms with van der Waals surface area (Å²) in [5.41, 5.74) is 8.09. The summed E-state index contributed by atoms with van der Waals surface area (Å²) in [6.07, 6.45) is 7.28. The number of hydrogen-bond acceptors (Lipinski definition) is 6. The third-order valence-electron chi connectivity index (χ3n) is 6.87. The second kappa shape index (κ2) is 9.00. The molecular weight excluding hydrogens is 434 g/mol. The first-order valence-electron chi connectivity index (χ1n) is 12.2. The number of fused-ring (bicyclic) bond motifs is 2. The lowest BCUT2D eigenvalue weighted by atomic mass is 10.1. The fraction of sp³-hybridized carbons (Fsp3) is 0.250. The van der Waals surface area contributed by atoms with Crippen LogP contribution in [0.2, 0.25) is 0 Å². The zero-order valence-electron chi connectivity index (χ0n) is 20.1. The van der Waals surface area contributed by atoms with Gasteiger partial charge in [-0.25, -0.2) is 4.98 Å². The second-order valence-corrected chi connectivity index (χ2v) is 9.30. The molecule has 0 bridgehead atoms. The van der Waals surface area contributed by atoms with Crippen LogP contribution in [-0.2, 0) is 0 Å². The van der Waals surface area contributed by atoms with Crippen molar-refractivity contribution in [1.29, 1.82) is 0 Å². The molecule has 6 rings (SSSR count). The molecule has 1 aliphatic heterocycles. The molecule has 1 saturated heterocycles. The minimum Gasteiger partial charge on any atom is -0.369 e. The molecular formula is C28H29N7. The van der Waals surface area contributed by atoms with Crippen molar-refractivity contribution >= 4 is 33.7 Å². The van der Waals surface area contributed by atoms with Crippen LogP contribution in [0, 0.1) is 0 Å². The first-order chi connectivity index (χ1) is 17.2. The summed E-state index contributed by atoms with van der Waals surface area (Å²) >= 11 is 0. The van der Waals surface area contributed by atoms with Crippen LogP contribution >= 0.6 is 0 Å². The highest BCUT2D eigenvalue weighted by Gasteiger charge is 2.19. The third kappa shape index (κ3) is 4.19. The number of hydrogen-bond donors (Lipinski definition) is 1. The molecule has 0 amide bonds. The normalized spacial score (nSPS) is 14.8. The number of anilines is 3. The van der Waals surface area contributed by atoms with Crippen LogP contribution in [0.4, 0.5) is 17.1 Å². The molecule has 35 heavy (non-hydrogen) atoms. The topological polar surface area (TPSA) is 61.6 Å². The lowest BCUT2D eigenvalue weighted by Crippen LogP contribution is -2.48. The maximum Gasteiger partial charge on any atom is 0.161 e. The molecule has 0 radical (unpaired) electrons. The number of aromatic nitrogens is 4. The summed E-state index contributed by atoms with van der Waals surface area (Å²) in [4.78, 5) is 18.5. The molecule has 1 fully saturated rings. The van der Waals surface area contributed by atoms with Crippen molar-refractivity contribution in [3.63, 3.8) is 0 Å². The lowest BCUT2D eigenvalue weighted by Gasteiger charge is -2.38. The Morgan fingerprint density at radius 3 is 2.31 bits per heavy atom. The van der Waals surface area contributed by atoms with Crippen LogP contribution in [-0.4, -0.2) is 56.5 Å². The molecule has 2 aromatic carbocycles. The van der Waals surface area contributed by atoms with Crippen LogP contribution in [0.1, 0.15) is 13.8 Å². The van der Waals surface area contributed by atoms with Gasteiger partial charge in [0.15, 0.2) is 5.65 Å². The molecule has 7 heteroatoms. The van der Waals surface area contributed by atoms with E-state index in [0.29, 0.717) is 6.04 Å². The smallest absolute Gasteiger partial charge is 0.161 e. The van der Waals surface area contributed by atoms with E-state index in [1.165, 1.54) is 5.69 Å². The monoisotopic (exact) mass is 463 g/mol. The second-order valence-electron chi connectivity index (χ2n) is 9.30. The largest absolute Gasteiger partial charge is 0.369 e. The first-order valence-corrected chi connectivity index (χ1v) is 12.2. The van der Waals surface area contributed by atoms with Crippen LogP contribution in [0.25, 0.3) is 27.9 Å². The Morgan fingerprint density at radius 2 is 1.54 bits per heavy atom. The molecule has 7 nitrogen and oxygen atoms in total. The van der Waals surface area contributed by atoms with Gasteiger partial charge in [0.25, 0.3) is 0 Å². The van der Waals surface area contributed by atoms with Gasteiger partial charge in [0.1, 0.15) is 0 Å². The van der Waals surface area contributed by atoms with Crippen molar-refractivity contribution in [2.24, 2.45) is 0 Å². The highest BCUT2D eigenvalue weighted by atomic mass is 15.3. The molecule has 176 valence electrons. The van der Waals surface area contributed by atoms with Crippen molar-refractivity contribution in [2.45, 2.75) is 19.9 Å². The van der Waals surface area contributed by atoms with E-state index < -0.39 is 0 Å². The number of nitrogens with one attached hydrogen (secondary N) is 1. The summed E-state index contributed by atoms with van der Waals surface area (Å²) in [7, 11) is 0. The van der Waals surface area contributed by atoms with Gasteiger partial charge in [-0.1, -0.05) is 6.07 Å². The van der Waals surface area contributed by atoms with Gasteiger partial charge < -0.3 is 10.2 Å². The van der Waals surface area contributed by atoms with Crippen LogP contribution < -0.4 is 10.2 Å². The number of rotatable bonds is 5. The average Bonchev–Trinajstić information content (AvgIpc) is 3.40. The maximum atomic E-state index is 4.64. The highest BCUT2D eigenvalue weighted by Crippen LogP contribution is 2.29. The van der Waals surface area contributed by atoms with Gasteiger partial charge in [-0.2, -0.15) is 0 Å². The quantitative estimate of drug-likeness (QED) is 0.386. The zero-order valence-corrected chi connectivity index (χ0v) is 20.1. The molecule has 3 aromatic heterocycles. The van der Waals surface area contributed by atoms with E-state index in [2.05, 4.69) is 96.8 Å². The molecule has 1 aliphatic rings. The fourth-order valence-corrected chi connectivity index (χ4v) is 4.88. The van der Waals surface area contributed by atoms with E-state index in [1.807, 2.05) is 18.5 Å². The molecule has 0 aliphatic carbocycles. The van der Waals surface area contributed by atoms with Crippen LogP contribution in [0.15, 0.2) is 79.4 Å². The van der Waals surface area contributed by atoms with Crippen molar-refractivity contribution < 1.29 is 0 Å². The Kier molecular flexibility index (Phi) is 5.54. The number of piperazine rings is 1. The molecule has 5 aromatic rings.